The first-order chi connectivity index (χ1) is 7.96. The van der Waals surface area contributed by atoms with Crippen LogP contribution in [0.15, 0.2) is 22.7 Å². The Bertz CT molecular complexity index is 401. The van der Waals surface area contributed by atoms with Gasteiger partial charge < -0.3 is 11.1 Å². The molecule has 94 valence electrons. The van der Waals surface area contributed by atoms with Crippen molar-refractivity contribution in [2.75, 3.05) is 5.73 Å². The molecule has 1 aromatic carbocycles. The maximum atomic E-state index is 5.81. The lowest BCUT2D eigenvalue weighted by Crippen LogP contribution is -2.27. The molecule has 0 aromatic heterocycles. The van der Waals surface area contributed by atoms with Gasteiger partial charge in [0.05, 0.1) is 0 Å². The van der Waals surface area contributed by atoms with Crippen LogP contribution in [0, 0.1) is 5.41 Å². The zero-order chi connectivity index (χ0) is 12.5. The fourth-order valence-corrected chi connectivity index (χ4v) is 2.98. The summed E-state index contributed by atoms with van der Waals surface area (Å²) in [6.45, 7) is 5.60. The van der Waals surface area contributed by atoms with Crippen LogP contribution in [0.5, 0.6) is 0 Å². The number of halogens is 1. The van der Waals surface area contributed by atoms with E-state index in [2.05, 4.69) is 35.1 Å². The molecule has 17 heavy (non-hydrogen) atoms. The van der Waals surface area contributed by atoms with Gasteiger partial charge >= 0.3 is 0 Å². The standard InChI is InChI=1S/C14H21BrN2/c1-14(2)6-5-12(8-14)17-9-10-7-11(16)3-4-13(10)15/h3-4,7,12,17H,5-6,8-9,16H2,1-2H3. The van der Waals surface area contributed by atoms with Gasteiger partial charge in [-0.1, -0.05) is 29.8 Å². The van der Waals surface area contributed by atoms with Crippen molar-refractivity contribution in [2.24, 2.45) is 5.41 Å². The minimum absolute atomic E-state index is 0.505. The van der Waals surface area contributed by atoms with Crippen LogP contribution in [-0.2, 0) is 6.54 Å². The van der Waals surface area contributed by atoms with Gasteiger partial charge in [0.2, 0.25) is 0 Å². The molecule has 2 rings (SSSR count). The Labute approximate surface area is 112 Å². The minimum atomic E-state index is 0.505. The van der Waals surface area contributed by atoms with Crippen molar-refractivity contribution < 1.29 is 0 Å². The first-order valence-electron chi connectivity index (χ1n) is 6.24. The van der Waals surface area contributed by atoms with Crippen LogP contribution in [-0.4, -0.2) is 6.04 Å². The quantitative estimate of drug-likeness (QED) is 0.835. The second-order valence-electron chi connectivity index (χ2n) is 5.84. The molecule has 0 saturated heterocycles. The average Bonchev–Trinajstić information content (AvgIpc) is 2.60. The van der Waals surface area contributed by atoms with E-state index in [4.69, 9.17) is 5.73 Å². The van der Waals surface area contributed by atoms with Gasteiger partial charge in [0.15, 0.2) is 0 Å². The maximum absolute atomic E-state index is 5.81. The molecule has 1 fully saturated rings. The fraction of sp³-hybridized carbons (Fsp3) is 0.571. The van der Waals surface area contributed by atoms with Gasteiger partial charge in [-0.15, -0.1) is 0 Å². The molecule has 1 aromatic rings. The summed E-state index contributed by atoms with van der Waals surface area (Å²) < 4.78 is 1.14. The van der Waals surface area contributed by atoms with Crippen molar-refractivity contribution >= 4 is 21.6 Å². The molecule has 0 spiro atoms. The van der Waals surface area contributed by atoms with E-state index in [1.165, 1.54) is 24.8 Å². The summed E-state index contributed by atoms with van der Waals surface area (Å²) >= 11 is 3.57. The Hall–Kier alpha value is -0.540. The molecular weight excluding hydrogens is 276 g/mol. The molecule has 3 heteroatoms. The highest BCUT2D eigenvalue weighted by molar-refractivity contribution is 9.10. The third-order valence-corrected chi connectivity index (χ3v) is 4.39. The average molecular weight is 297 g/mol. The van der Waals surface area contributed by atoms with Crippen LogP contribution < -0.4 is 11.1 Å². The molecule has 1 aliphatic carbocycles. The van der Waals surface area contributed by atoms with Crippen LogP contribution in [0.2, 0.25) is 0 Å². The van der Waals surface area contributed by atoms with Crippen LogP contribution >= 0.6 is 15.9 Å². The zero-order valence-corrected chi connectivity index (χ0v) is 12.2. The summed E-state index contributed by atoms with van der Waals surface area (Å²) in [4.78, 5) is 0. The summed E-state index contributed by atoms with van der Waals surface area (Å²) in [5, 5.41) is 3.64. The smallest absolute Gasteiger partial charge is 0.0318 e. The second kappa shape index (κ2) is 4.99. The minimum Gasteiger partial charge on any atom is -0.399 e. The normalized spacial score (nSPS) is 22.9. The molecule has 0 radical (unpaired) electrons. The highest BCUT2D eigenvalue weighted by Crippen LogP contribution is 2.37. The van der Waals surface area contributed by atoms with Gasteiger partial charge in [-0.25, -0.2) is 0 Å². The predicted molar refractivity (Wildman–Crippen MR) is 76.8 cm³/mol. The fourth-order valence-electron chi connectivity index (χ4n) is 2.59. The van der Waals surface area contributed by atoms with Crippen molar-refractivity contribution in [3.63, 3.8) is 0 Å². The highest BCUT2D eigenvalue weighted by Gasteiger charge is 2.30. The summed E-state index contributed by atoms with van der Waals surface area (Å²) in [7, 11) is 0. The molecule has 1 saturated carbocycles. The van der Waals surface area contributed by atoms with Crippen LogP contribution in [0.3, 0.4) is 0 Å². The van der Waals surface area contributed by atoms with Gasteiger partial charge in [0, 0.05) is 22.7 Å². The Balaban J connectivity index is 1.92. The van der Waals surface area contributed by atoms with E-state index in [1.54, 1.807) is 0 Å². The summed E-state index contributed by atoms with van der Waals surface area (Å²) in [6, 6.07) is 6.63. The lowest BCUT2D eigenvalue weighted by Gasteiger charge is -2.18. The van der Waals surface area contributed by atoms with E-state index in [9.17, 15) is 0 Å². The molecule has 0 bridgehead atoms. The Morgan fingerprint density at radius 2 is 2.24 bits per heavy atom. The lowest BCUT2D eigenvalue weighted by atomic mass is 9.92. The maximum Gasteiger partial charge on any atom is 0.0318 e. The summed E-state index contributed by atoms with van der Waals surface area (Å²) in [5.41, 5.74) is 8.39. The van der Waals surface area contributed by atoms with E-state index in [0.29, 0.717) is 11.5 Å². The molecule has 1 unspecified atom stereocenters. The van der Waals surface area contributed by atoms with Gasteiger partial charge in [-0.3, -0.25) is 0 Å². The Kier molecular flexibility index (Phi) is 3.79. The van der Waals surface area contributed by atoms with E-state index < -0.39 is 0 Å². The third-order valence-electron chi connectivity index (χ3n) is 3.62. The van der Waals surface area contributed by atoms with Crippen LogP contribution in [0.25, 0.3) is 0 Å². The molecule has 3 N–H and O–H groups in total. The first-order valence-corrected chi connectivity index (χ1v) is 7.03. The van der Waals surface area contributed by atoms with Gasteiger partial charge in [-0.05, 0) is 48.4 Å². The van der Waals surface area contributed by atoms with Gasteiger partial charge in [-0.2, -0.15) is 0 Å². The Morgan fingerprint density at radius 1 is 1.47 bits per heavy atom. The summed E-state index contributed by atoms with van der Waals surface area (Å²) in [6.07, 6.45) is 3.88. The van der Waals surface area contributed by atoms with Crippen molar-refractivity contribution in [3.8, 4) is 0 Å². The summed E-state index contributed by atoms with van der Waals surface area (Å²) in [5.74, 6) is 0. The van der Waals surface area contributed by atoms with Crippen molar-refractivity contribution in [2.45, 2.75) is 45.7 Å². The highest BCUT2D eigenvalue weighted by atomic mass is 79.9. The molecule has 0 heterocycles. The second-order valence-corrected chi connectivity index (χ2v) is 6.69. The zero-order valence-electron chi connectivity index (χ0n) is 10.6. The van der Waals surface area contributed by atoms with E-state index in [-0.39, 0.29) is 0 Å². The first kappa shape index (κ1) is 12.9. The molecule has 2 nitrogen and oxygen atoms in total. The SMILES string of the molecule is CC1(C)CCC(NCc2cc(N)ccc2Br)C1. The van der Waals surface area contributed by atoms with Crippen molar-refractivity contribution in [1.82, 2.24) is 5.32 Å². The molecule has 1 aliphatic rings. The van der Waals surface area contributed by atoms with Gasteiger partial charge in [0.1, 0.15) is 0 Å². The van der Waals surface area contributed by atoms with E-state index >= 15 is 0 Å². The Morgan fingerprint density at radius 3 is 2.88 bits per heavy atom. The largest absolute Gasteiger partial charge is 0.399 e. The predicted octanol–water partition coefficient (Wildman–Crippen LogP) is 3.70. The van der Waals surface area contributed by atoms with Crippen molar-refractivity contribution in [3.05, 3.63) is 28.2 Å². The van der Waals surface area contributed by atoms with E-state index in [1.807, 2.05) is 18.2 Å². The number of hydrogen-bond donors (Lipinski definition) is 2. The lowest BCUT2D eigenvalue weighted by molar-refractivity contribution is 0.364. The molecule has 0 aliphatic heterocycles. The molecule has 1 atom stereocenters. The number of nitrogen functional groups attached to an aromatic ring is 1. The number of anilines is 1. The number of nitrogens with one attached hydrogen (secondary N) is 1. The van der Waals surface area contributed by atoms with Crippen LogP contribution in [0.4, 0.5) is 5.69 Å². The number of nitrogens with two attached hydrogens (primary N) is 1. The van der Waals surface area contributed by atoms with Crippen molar-refractivity contribution in [1.29, 1.82) is 0 Å². The third kappa shape index (κ3) is 3.46. The number of rotatable bonds is 3. The topological polar surface area (TPSA) is 38.0 Å². The molecular formula is C14H21BrN2. The van der Waals surface area contributed by atoms with Crippen LogP contribution in [0.1, 0.15) is 38.7 Å². The number of hydrogen-bond acceptors (Lipinski definition) is 2. The monoisotopic (exact) mass is 296 g/mol. The van der Waals surface area contributed by atoms with E-state index in [0.717, 1.165) is 16.7 Å². The van der Waals surface area contributed by atoms with Gasteiger partial charge in [0.25, 0.3) is 0 Å². The molecule has 0 amide bonds. The number of benzene rings is 1.